The summed E-state index contributed by atoms with van der Waals surface area (Å²) in [5.74, 6) is -1.18. The molecule has 1 aliphatic rings. The predicted molar refractivity (Wildman–Crippen MR) is 109 cm³/mol. The molecular weight excluding hydrogens is 384 g/mol. The van der Waals surface area contributed by atoms with Crippen LogP contribution in [0, 0.1) is 6.92 Å². The van der Waals surface area contributed by atoms with Crippen LogP contribution in [0.3, 0.4) is 0 Å². The molecule has 1 heterocycles. The highest BCUT2D eigenvalue weighted by atomic mass is 35.5. The Morgan fingerprint density at radius 3 is 2.41 bits per heavy atom. The molecule has 0 radical (unpaired) electrons. The molecule has 0 atom stereocenters. The van der Waals surface area contributed by atoms with Gasteiger partial charge >= 0.3 is 0 Å². The number of anilines is 2. The second-order valence-corrected chi connectivity index (χ2v) is 9.20. The lowest BCUT2D eigenvalue weighted by Gasteiger charge is -2.31. The largest absolute Gasteiger partial charge is 0.369 e. The number of carbonyl (C=O) groups excluding carboxylic acids is 1. The number of nitrogens with one attached hydrogen (secondary N) is 1. The Morgan fingerprint density at radius 1 is 1.07 bits per heavy atom. The average Bonchev–Trinajstić information content (AvgIpc) is 2.62. The van der Waals surface area contributed by atoms with Gasteiger partial charge in [0.25, 0.3) is 0 Å². The first-order valence-electron chi connectivity index (χ1n) is 8.99. The van der Waals surface area contributed by atoms with Crippen LogP contribution in [0.15, 0.2) is 47.4 Å². The summed E-state index contributed by atoms with van der Waals surface area (Å²) in [6.45, 7) is 3.62. The highest BCUT2D eigenvalue weighted by Crippen LogP contribution is 2.35. The van der Waals surface area contributed by atoms with E-state index in [4.69, 9.17) is 11.6 Å². The molecule has 1 amide bonds. The van der Waals surface area contributed by atoms with E-state index in [1.165, 1.54) is 18.6 Å². The van der Waals surface area contributed by atoms with Crippen LogP contribution in [-0.4, -0.2) is 33.2 Å². The smallest absolute Gasteiger partial charge is 0.240 e. The van der Waals surface area contributed by atoms with Crippen LogP contribution in [0.4, 0.5) is 11.4 Å². The maximum absolute atomic E-state index is 12.5. The standard InChI is InChI=1S/C20H23ClN2O3S/c1-15-8-10-16(11-9-15)27(25,26)14-19(24)22-18-7-5-6-17(21)20(18)23-12-3-2-4-13-23/h5-11H,2-4,12-14H2,1H3,(H,22,24). The highest BCUT2D eigenvalue weighted by Gasteiger charge is 2.22. The molecule has 0 aliphatic carbocycles. The zero-order valence-electron chi connectivity index (χ0n) is 15.2. The topological polar surface area (TPSA) is 66.5 Å². The molecule has 0 saturated carbocycles. The predicted octanol–water partition coefficient (Wildman–Crippen LogP) is 4.05. The van der Waals surface area contributed by atoms with E-state index in [-0.39, 0.29) is 4.90 Å². The van der Waals surface area contributed by atoms with Crippen LogP contribution in [0.2, 0.25) is 5.02 Å². The van der Waals surface area contributed by atoms with Crippen LogP contribution in [-0.2, 0) is 14.6 Å². The van der Waals surface area contributed by atoms with Crippen molar-refractivity contribution in [2.45, 2.75) is 31.1 Å². The number of nitrogens with zero attached hydrogens (tertiary/aromatic N) is 1. The van der Waals surface area contributed by atoms with Crippen molar-refractivity contribution in [3.05, 3.63) is 53.1 Å². The summed E-state index contributed by atoms with van der Waals surface area (Å²) < 4.78 is 25.0. The summed E-state index contributed by atoms with van der Waals surface area (Å²) in [6, 6.07) is 11.8. The Morgan fingerprint density at radius 2 is 1.74 bits per heavy atom. The number of hydrogen-bond donors (Lipinski definition) is 1. The number of piperidine rings is 1. The van der Waals surface area contributed by atoms with Gasteiger partial charge in [0.1, 0.15) is 5.75 Å². The molecule has 2 aromatic rings. The van der Waals surface area contributed by atoms with E-state index >= 15 is 0 Å². The van der Waals surface area contributed by atoms with Crippen molar-refractivity contribution < 1.29 is 13.2 Å². The SMILES string of the molecule is Cc1ccc(S(=O)(=O)CC(=O)Nc2cccc(Cl)c2N2CCCCC2)cc1. The molecule has 27 heavy (non-hydrogen) atoms. The van der Waals surface area contributed by atoms with E-state index in [1.807, 2.05) is 6.92 Å². The number of rotatable bonds is 5. The highest BCUT2D eigenvalue weighted by molar-refractivity contribution is 7.92. The number of hydrogen-bond acceptors (Lipinski definition) is 4. The van der Waals surface area contributed by atoms with Crippen LogP contribution in [0.5, 0.6) is 0 Å². The van der Waals surface area contributed by atoms with Gasteiger partial charge in [-0.1, -0.05) is 35.4 Å². The van der Waals surface area contributed by atoms with E-state index in [2.05, 4.69) is 10.2 Å². The fourth-order valence-corrected chi connectivity index (χ4v) is 4.67. The number of para-hydroxylation sites is 1. The van der Waals surface area contributed by atoms with Gasteiger partial charge in [-0.05, 0) is 50.5 Å². The summed E-state index contributed by atoms with van der Waals surface area (Å²) in [5.41, 5.74) is 2.27. The van der Waals surface area contributed by atoms with Crippen LogP contribution < -0.4 is 10.2 Å². The van der Waals surface area contributed by atoms with Gasteiger partial charge in [-0.3, -0.25) is 4.79 Å². The van der Waals surface area contributed by atoms with Gasteiger partial charge in [0.05, 0.1) is 21.3 Å². The molecule has 0 bridgehead atoms. The minimum Gasteiger partial charge on any atom is -0.369 e. The molecule has 0 spiro atoms. The van der Waals surface area contributed by atoms with E-state index in [0.717, 1.165) is 37.2 Å². The Bertz CT molecular complexity index is 921. The zero-order chi connectivity index (χ0) is 19.4. The summed E-state index contributed by atoms with van der Waals surface area (Å²) in [6.07, 6.45) is 3.32. The third-order valence-electron chi connectivity index (χ3n) is 4.63. The maximum Gasteiger partial charge on any atom is 0.240 e. The summed E-state index contributed by atoms with van der Waals surface area (Å²) >= 11 is 6.38. The van der Waals surface area contributed by atoms with E-state index in [1.54, 1.807) is 30.3 Å². The lowest BCUT2D eigenvalue weighted by atomic mass is 10.1. The lowest BCUT2D eigenvalue weighted by molar-refractivity contribution is -0.113. The Kier molecular flexibility index (Phi) is 6.07. The number of halogens is 1. The molecule has 1 N–H and O–H groups in total. The third kappa shape index (κ3) is 4.82. The quantitative estimate of drug-likeness (QED) is 0.813. The van der Waals surface area contributed by atoms with E-state index in [9.17, 15) is 13.2 Å². The molecule has 1 saturated heterocycles. The second kappa shape index (κ2) is 8.31. The monoisotopic (exact) mass is 406 g/mol. The minimum absolute atomic E-state index is 0.144. The fraction of sp³-hybridized carbons (Fsp3) is 0.350. The van der Waals surface area contributed by atoms with Crippen molar-refractivity contribution in [2.75, 3.05) is 29.1 Å². The average molecular weight is 407 g/mol. The van der Waals surface area contributed by atoms with Crippen molar-refractivity contribution >= 4 is 38.7 Å². The molecule has 5 nitrogen and oxygen atoms in total. The molecular formula is C20H23ClN2O3S. The Hall–Kier alpha value is -2.05. The molecule has 3 rings (SSSR count). The Labute approximate surface area is 165 Å². The van der Waals surface area contributed by atoms with Gasteiger partial charge in [-0.25, -0.2) is 8.42 Å². The number of carbonyl (C=O) groups is 1. The second-order valence-electron chi connectivity index (χ2n) is 6.80. The maximum atomic E-state index is 12.5. The summed E-state index contributed by atoms with van der Waals surface area (Å²) in [7, 11) is -3.70. The number of amides is 1. The molecule has 0 aromatic heterocycles. The molecule has 2 aromatic carbocycles. The lowest BCUT2D eigenvalue weighted by Crippen LogP contribution is -2.31. The minimum atomic E-state index is -3.70. The first-order valence-corrected chi connectivity index (χ1v) is 11.0. The van der Waals surface area contributed by atoms with E-state index in [0.29, 0.717) is 10.7 Å². The van der Waals surface area contributed by atoms with Crippen molar-refractivity contribution in [3.8, 4) is 0 Å². The van der Waals surface area contributed by atoms with Gasteiger partial charge in [-0.15, -0.1) is 0 Å². The van der Waals surface area contributed by atoms with Gasteiger partial charge in [0.15, 0.2) is 9.84 Å². The van der Waals surface area contributed by atoms with Gasteiger partial charge in [0.2, 0.25) is 5.91 Å². The van der Waals surface area contributed by atoms with Crippen LogP contribution in [0.1, 0.15) is 24.8 Å². The molecule has 0 unspecified atom stereocenters. The summed E-state index contributed by atoms with van der Waals surface area (Å²) in [5, 5.41) is 3.29. The first-order chi connectivity index (χ1) is 12.9. The molecule has 1 aliphatic heterocycles. The Balaban J connectivity index is 1.78. The first kappa shape index (κ1) is 19.7. The van der Waals surface area contributed by atoms with Crippen molar-refractivity contribution in [1.82, 2.24) is 0 Å². The van der Waals surface area contributed by atoms with Crippen molar-refractivity contribution in [2.24, 2.45) is 0 Å². The summed E-state index contributed by atoms with van der Waals surface area (Å²) in [4.78, 5) is 14.8. The normalized spacial score (nSPS) is 14.8. The number of aryl methyl sites for hydroxylation is 1. The third-order valence-corrected chi connectivity index (χ3v) is 6.57. The van der Waals surface area contributed by atoms with E-state index < -0.39 is 21.5 Å². The van der Waals surface area contributed by atoms with Gasteiger partial charge in [0, 0.05) is 13.1 Å². The van der Waals surface area contributed by atoms with Gasteiger partial charge < -0.3 is 10.2 Å². The number of benzene rings is 2. The molecule has 144 valence electrons. The molecule has 7 heteroatoms. The van der Waals surface area contributed by atoms with Crippen molar-refractivity contribution in [1.29, 1.82) is 0 Å². The molecule has 1 fully saturated rings. The fourth-order valence-electron chi connectivity index (χ4n) is 3.24. The van der Waals surface area contributed by atoms with Crippen LogP contribution in [0.25, 0.3) is 0 Å². The van der Waals surface area contributed by atoms with Crippen molar-refractivity contribution in [3.63, 3.8) is 0 Å². The van der Waals surface area contributed by atoms with Gasteiger partial charge in [-0.2, -0.15) is 0 Å². The number of sulfone groups is 1. The zero-order valence-corrected chi connectivity index (χ0v) is 16.8. The van der Waals surface area contributed by atoms with Crippen LogP contribution >= 0.6 is 11.6 Å².